The standard InChI is InChI=1S/C11H14O3S/c1-14-7-6-9(12)4-5-10(13)11-3-2-8-15-11/h2-3,8H,4-7H2,1H3. The Bertz CT molecular complexity index is 317. The highest BCUT2D eigenvalue weighted by Gasteiger charge is 2.09. The molecule has 82 valence electrons. The Morgan fingerprint density at radius 3 is 2.73 bits per heavy atom. The van der Waals surface area contributed by atoms with E-state index < -0.39 is 0 Å². The average molecular weight is 226 g/mol. The van der Waals surface area contributed by atoms with Crippen molar-refractivity contribution in [2.45, 2.75) is 19.3 Å². The summed E-state index contributed by atoms with van der Waals surface area (Å²) in [5.74, 6) is 0.137. The molecular weight excluding hydrogens is 212 g/mol. The van der Waals surface area contributed by atoms with Crippen molar-refractivity contribution in [1.29, 1.82) is 0 Å². The van der Waals surface area contributed by atoms with E-state index in [4.69, 9.17) is 4.74 Å². The first kappa shape index (κ1) is 12.1. The second-order valence-corrected chi connectivity index (χ2v) is 4.13. The second kappa shape index (κ2) is 6.48. The Hall–Kier alpha value is -1.000. The van der Waals surface area contributed by atoms with Crippen molar-refractivity contribution >= 4 is 22.9 Å². The number of hydrogen-bond donors (Lipinski definition) is 0. The molecular formula is C11H14O3S. The van der Waals surface area contributed by atoms with Gasteiger partial charge >= 0.3 is 0 Å². The van der Waals surface area contributed by atoms with E-state index in [0.717, 1.165) is 4.88 Å². The number of Topliss-reactive ketones (excluding diaryl/α,β-unsaturated/α-hetero) is 2. The molecule has 1 heterocycles. The molecule has 0 aliphatic heterocycles. The summed E-state index contributed by atoms with van der Waals surface area (Å²) < 4.78 is 4.79. The predicted molar refractivity (Wildman–Crippen MR) is 59.4 cm³/mol. The first-order valence-electron chi connectivity index (χ1n) is 4.81. The minimum absolute atomic E-state index is 0.0516. The number of carbonyl (C=O) groups is 2. The van der Waals surface area contributed by atoms with Gasteiger partial charge < -0.3 is 4.74 Å². The van der Waals surface area contributed by atoms with Crippen LogP contribution in [0, 0.1) is 0 Å². The van der Waals surface area contributed by atoms with Crippen molar-refractivity contribution in [3.05, 3.63) is 22.4 Å². The Morgan fingerprint density at radius 1 is 1.33 bits per heavy atom. The zero-order valence-electron chi connectivity index (χ0n) is 8.69. The SMILES string of the molecule is COCCC(=O)CCC(=O)c1cccs1. The van der Waals surface area contributed by atoms with Crippen LogP contribution in [0.1, 0.15) is 28.9 Å². The van der Waals surface area contributed by atoms with Gasteiger partial charge in [-0.1, -0.05) is 6.07 Å². The minimum atomic E-state index is 0.0516. The van der Waals surface area contributed by atoms with Gasteiger partial charge in [-0.2, -0.15) is 0 Å². The van der Waals surface area contributed by atoms with Gasteiger partial charge in [0.25, 0.3) is 0 Å². The summed E-state index contributed by atoms with van der Waals surface area (Å²) in [5, 5.41) is 1.86. The molecule has 0 aromatic carbocycles. The molecule has 0 fully saturated rings. The first-order valence-corrected chi connectivity index (χ1v) is 5.69. The number of carbonyl (C=O) groups excluding carboxylic acids is 2. The molecule has 4 heteroatoms. The van der Waals surface area contributed by atoms with Gasteiger partial charge in [-0.05, 0) is 11.4 Å². The Morgan fingerprint density at radius 2 is 2.13 bits per heavy atom. The van der Waals surface area contributed by atoms with E-state index in [-0.39, 0.29) is 11.6 Å². The molecule has 3 nitrogen and oxygen atoms in total. The molecule has 0 N–H and O–H groups in total. The van der Waals surface area contributed by atoms with Crippen LogP contribution in [0.5, 0.6) is 0 Å². The fourth-order valence-electron chi connectivity index (χ4n) is 1.15. The molecule has 0 saturated carbocycles. The molecule has 1 aromatic heterocycles. The molecule has 0 saturated heterocycles. The van der Waals surface area contributed by atoms with Crippen molar-refractivity contribution in [3.8, 4) is 0 Å². The van der Waals surface area contributed by atoms with Crippen LogP contribution in [0.3, 0.4) is 0 Å². The Kier molecular flexibility index (Phi) is 5.21. The molecule has 0 atom stereocenters. The predicted octanol–water partition coefficient (Wildman–Crippen LogP) is 2.32. The fourth-order valence-corrected chi connectivity index (χ4v) is 1.85. The van der Waals surface area contributed by atoms with Crippen molar-refractivity contribution < 1.29 is 14.3 Å². The lowest BCUT2D eigenvalue weighted by atomic mass is 10.1. The lowest BCUT2D eigenvalue weighted by molar-refractivity contribution is -0.119. The third-order valence-corrected chi connectivity index (χ3v) is 2.92. The van der Waals surface area contributed by atoms with Crippen LogP contribution in [0.2, 0.25) is 0 Å². The Labute approximate surface area is 93.1 Å². The van der Waals surface area contributed by atoms with Gasteiger partial charge in [0.1, 0.15) is 5.78 Å². The van der Waals surface area contributed by atoms with E-state index in [1.807, 2.05) is 11.4 Å². The topological polar surface area (TPSA) is 43.4 Å². The monoisotopic (exact) mass is 226 g/mol. The fraction of sp³-hybridized carbons (Fsp3) is 0.455. The van der Waals surface area contributed by atoms with Crippen LogP contribution in [-0.4, -0.2) is 25.3 Å². The molecule has 0 radical (unpaired) electrons. The van der Waals surface area contributed by atoms with Gasteiger partial charge in [0.2, 0.25) is 0 Å². The lowest BCUT2D eigenvalue weighted by Gasteiger charge is -1.98. The molecule has 1 aromatic rings. The van der Waals surface area contributed by atoms with E-state index in [1.54, 1.807) is 13.2 Å². The first-order chi connectivity index (χ1) is 7.24. The van der Waals surface area contributed by atoms with E-state index in [2.05, 4.69) is 0 Å². The van der Waals surface area contributed by atoms with Crippen LogP contribution in [0.4, 0.5) is 0 Å². The van der Waals surface area contributed by atoms with Crippen molar-refractivity contribution in [2.24, 2.45) is 0 Å². The molecule has 0 amide bonds. The molecule has 0 unspecified atom stereocenters. The highest BCUT2D eigenvalue weighted by Crippen LogP contribution is 2.12. The van der Waals surface area contributed by atoms with Crippen molar-refractivity contribution in [3.63, 3.8) is 0 Å². The largest absolute Gasteiger partial charge is 0.384 e. The molecule has 0 aliphatic rings. The highest BCUT2D eigenvalue weighted by molar-refractivity contribution is 7.12. The van der Waals surface area contributed by atoms with Gasteiger partial charge in [0, 0.05) is 26.4 Å². The maximum atomic E-state index is 11.5. The smallest absolute Gasteiger partial charge is 0.173 e. The molecule has 0 aliphatic carbocycles. The van der Waals surface area contributed by atoms with Crippen molar-refractivity contribution in [2.75, 3.05) is 13.7 Å². The second-order valence-electron chi connectivity index (χ2n) is 3.18. The van der Waals surface area contributed by atoms with Crippen LogP contribution in [0.15, 0.2) is 17.5 Å². The lowest BCUT2D eigenvalue weighted by Crippen LogP contribution is -2.06. The maximum Gasteiger partial charge on any atom is 0.173 e. The van der Waals surface area contributed by atoms with Gasteiger partial charge in [-0.3, -0.25) is 9.59 Å². The van der Waals surface area contributed by atoms with Crippen LogP contribution in [-0.2, 0) is 9.53 Å². The van der Waals surface area contributed by atoms with E-state index in [9.17, 15) is 9.59 Å². The summed E-state index contributed by atoms with van der Waals surface area (Å²) in [6, 6.07) is 3.62. The van der Waals surface area contributed by atoms with Gasteiger partial charge in [-0.25, -0.2) is 0 Å². The summed E-state index contributed by atoms with van der Waals surface area (Å²) in [4.78, 5) is 23.5. The van der Waals surface area contributed by atoms with Crippen LogP contribution >= 0.6 is 11.3 Å². The number of methoxy groups -OCH3 is 1. The quantitative estimate of drug-likeness (QED) is 0.670. The number of hydrogen-bond acceptors (Lipinski definition) is 4. The summed E-state index contributed by atoms with van der Waals surface area (Å²) in [6.07, 6.45) is 1.03. The van der Waals surface area contributed by atoms with Crippen molar-refractivity contribution in [1.82, 2.24) is 0 Å². The minimum Gasteiger partial charge on any atom is -0.384 e. The van der Waals surface area contributed by atoms with E-state index >= 15 is 0 Å². The maximum absolute atomic E-state index is 11.5. The molecule has 15 heavy (non-hydrogen) atoms. The molecule has 0 spiro atoms. The summed E-state index contributed by atoms with van der Waals surface area (Å²) >= 11 is 1.42. The average Bonchev–Trinajstić information content (AvgIpc) is 2.76. The third-order valence-electron chi connectivity index (χ3n) is 2.01. The number of rotatable bonds is 7. The highest BCUT2D eigenvalue weighted by atomic mass is 32.1. The summed E-state index contributed by atoms with van der Waals surface area (Å²) in [6.45, 7) is 0.437. The normalized spacial score (nSPS) is 10.2. The number of thiophene rings is 1. The molecule has 1 rings (SSSR count). The zero-order chi connectivity index (χ0) is 11.1. The third kappa shape index (κ3) is 4.36. The number of ether oxygens (including phenoxy) is 1. The van der Waals surface area contributed by atoms with Crippen LogP contribution in [0.25, 0.3) is 0 Å². The zero-order valence-corrected chi connectivity index (χ0v) is 9.51. The van der Waals surface area contributed by atoms with Gasteiger partial charge in [0.05, 0.1) is 11.5 Å². The van der Waals surface area contributed by atoms with E-state index in [1.165, 1.54) is 11.3 Å². The van der Waals surface area contributed by atoms with Crippen LogP contribution < -0.4 is 0 Å². The molecule has 0 bridgehead atoms. The summed E-state index contributed by atoms with van der Waals surface area (Å²) in [5.41, 5.74) is 0. The van der Waals surface area contributed by atoms with Gasteiger partial charge in [-0.15, -0.1) is 11.3 Å². The number of ketones is 2. The Balaban J connectivity index is 2.25. The summed E-state index contributed by atoms with van der Waals surface area (Å²) in [7, 11) is 1.56. The van der Waals surface area contributed by atoms with Gasteiger partial charge in [0.15, 0.2) is 5.78 Å². The van der Waals surface area contributed by atoms with E-state index in [0.29, 0.717) is 25.9 Å².